The Morgan fingerprint density at radius 3 is 2.67 bits per heavy atom. The van der Waals surface area contributed by atoms with Gasteiger partial charge < -0.3 is 9.47 Å². The van der Waals surface area contributed by atoms with Gasteiger partial charge in [-0.1, -0.05) is 56.2 Å². The third-order valence-electron chi connectivity index (χ3n) is 5.31. The standard InChI is InChI=1S/C27H32N2O5S2/c1-3-4-8-17-36(31,32)29-26(30)14-12-21-11-13-24(34-16-15-33-2)18-23(21)19-27-28-20-25(35-27)22-9-6-5-7-10-22/h5-7,9-14,18,20H,3-4,8,15-17,19H2,1-2H3,(H,29,30)/b14-12+. The fourth-order valence-corrected chi connectivity index (χ4v) is 5.47. The maximum atomic E-state index is 12.3. The molecule has 0 atom stereocenters. The van der Waals surface area contributed by atoms with Crippen LogP contribution in [0.5, 0.6) is 5.75 Å². The van der Waals surface area contributed by atoms with E-state index in [1.807, 2.05) is 61.7 Å². The van der Waals surface area contributed by atoms with Gasteiger partial charge in [0.15, 0.2) is 0 Å². The minimum atomic E-state index is -3.65. The van der Waals surface area contributed by atoms with Gasteiger partial charge in [0.25, 0.3) is 5.91 Å². The van der Waals surface area contributed by atoms with Crippen LogP contribution in [0, 0.1) is 0 Å². The molecule has 0 spiro atoms. The molecule has 0 aliphatic heterocycles. The number of aromatic nitrogens is 1. The van der Waals surface area contributed by atoms with E-state index in [0.717, 1.165) is 39.4 Å². The van der Waals surface area contributed by atoms with Crippen LogP contribution in [0.3, 0.4) is 0 Å². The number of benzene rings is 2. The van der Waals surface area contributed by atoms with Crippen molar-refractivity contribution < 1.29 is 22.7 Å². The number of nitrogens with one attached hydrogen (secondary N) is 1. The predicted octanol–water partition coefficient (Wildman–Crippen LogP) is 5.08. The highest BCUT2D eigenvalue weighted by atomic mass is 32.2. The number of carbonyl (C=O) groups excluding carboxylic acids is 1. The molecule has 3 rings (SSSR count). The van der Waals surface area contributed by atoms with Gasteiger partial charge >= 0.3 is 0 Å². The predicted molar refractivity (Wildman–Crippen MR) is 145 cm³/mol. The lowest BCUT2D eigenvalue weighted by atomic mass is 10.0. The summed E-state index contributed by atoms with van der Waals surface area (Å²) in [5.74, 6) is -0.0482. The number of amides is 1. The van der Waals surface area contributed by atoms with E-state index in [-0.39, 0.29) is 5.75 Å². The zero-order valence-electron chi connectivity index (χ0n) is 20.6. The quantitative estimate of drug-likeness (QED) is 0.232. The van der Waals surface area contributed by atoms with Crippen LogP contribution in [0.15, 0.2) is 60.8 Å². The number of nitrogens with zero attached hydrogens (tertiary/aromatic N) is 1. The molecule has 36 heavy (non-hydrogen) atoms. The number of rotatable bonds is 14. The summed E-state index contributed by atoms with van der Waals surface area (Å²) in [6, 6.07) is 15.6. The SMILES string of the molecule is CCCCCS(=O)(=O)NC(=O)/C=C/c1ccc(OCCOC)cc1Cc1ncc(-c2ccccc2)s1. The average molecular weight is 529 g/mol. The molecule has 0 bridgehead atoms. The lowest BCUT2D eigenvalue weighted by Gasteiger charge is -2.10. The average Bonchev–Trinajstić information content (AvgIpc) is 3.32. The highest BCUT2D eigenvalue weighted by molar-refractivity contribution is 7.90. The Hall–Kier alpha value is -3.01. The van der Waals surface area contributed by atoms with Crippen molar-refractivity contribution in [2.24, 2.45) is 0 Å². The van der Waals surface area contributed by atoms with Crippen LogP contribution in [-0.4, -0.2) is 45.4 Å². The zero-order chi connectivity index (χ0) is 25.8. The zero-order valence-corrected chi connectivity index (χ0v) is 22.2. The Labute approximate surface area is 217 Å². The lowest BCUT2D eigenvalue weighted by molar-refractivity contribution is -0.114. The van der Waals surface area contributed by atoms with Crippen LogP contribution in [0.25, 0.3) is 16.5 Å². The summed E-state index contributed by atoms with van der Waals surface area (Å²) in [7, 11) is -2.03. The van der Waals surface area contributed by atoms with Crippen LogP contribution in [0.4, 0.5) is 0 Å². The van der Waals surface area contributed by atoms with E-state index >= 15 is 0 Å². The second kappa shape index (κ2) is 13.9. The summed E-state index contributed by atoms with van der Waals surface area (Å²) < 4.78 is 37.2. The summed E-state index contributed by atoms with van der Waals surface area (Å²) >= 11 is 1.60. The van der Waals surface area contributed by atoms with E-state index in [1.165, 1.54) is 6.08 Å². The topological polar surface area (TPSA) is 94.6 Å². The number of thiazole rings is 1. The Morgan fingerprint density at radius 1 is 1.11 bits per heavy atom. The van der Waals surface area contributed by atoms with Crippen molar-refractivity contribution in [1.29, 1.82) is 0 Å². The Balaban J connectivity index is 1.77. The molecule has 3 aromatic rings. The third kappa shape index (κ3) is 8.89. The summed E-state index contributed by atoms with van der Waals surface area (Å²) in [5.41, 5.74) is 2.80. The number of methoxy groups -OCH3 is 1. The highest BCUT2D eigenvalue weighted by Crippen LogP contribution is 2.29. The Morgan fingerprint density at radius 2 is 1.92 bits per heavy atom. The van der Waals surface area contributed by atoms with E-state index < -0.39 is 15.9 Å². The first-order valence-corrected chi connectivity index (χ1v) is 14.3. The molecule has 9 heteroatoms. The van der Waals surface area contributed by atoms with Crippen LogP contribution in [0.1, 0.15) is 42.3 Å². The maximum absolute atomic E-state index is 12.3. The van der Waals surface area contributed by atoms with Crippen LogP contribution in [0.2, 0.25) is 0 Å². The fourth-order valence-electron chi connectivity index (χ4n) is 3.47. The van der Waals surface area contributed by atoms with Crippen molar-refractivity contribution in [1.82, 2.24) is 9.71 Å². The molecule has 1 amide bonds. The molecule has 1 aromatic heterocycles. The Bertz CT molecular complexity index is 1250. The van der Waals surface area contributed by atoms with Crippen molar-refractivity contribution in [2.75, 3.05) is 26.1 Å². The van der Waals surface area contributed by atoms with Gasteiger partial charge in [-0.2, -0.15) is 0 Å². The Kier molecular flexibility index (Phi) is 10.7. The van der Waals surface area contributed by atoms with Crippen LogP contribution < -0.4 is 9.46 Å². The van der Waals surface area contributed by atoms with Gasteiger partial charge in [0.2, 0.25) is 10.0 Å². The van der Waals surface area contributed by atoms with Gasteiger partial charge in [0, 0.05) is 25.8 Å². The van der Waals surface area contributed by atoms with E-state index in [2.05, 4.69) is 9.71 Å². The summed E-state index contributed by atoms with van der Waals surface area (Å²) in [6.07, 6.45) is 7.50. The molecule has 0 fully saturated rings. The van der Waals surface area contributed by atoms with Crippen molar-refractivity contribution in [3.8, 4) is 16.2 Å². The minimum Gasteiger partial charge on any atom is -0.491 e. The highest BCUT2D eigenvalue weighted by Gasteiger charge is 2.13. The monoisotopic (exact) mass is 528 g/mol. The number of hydrogen-bond acceptors (Lipinski definition) is 7. The van der Waals surface area contributed by atoms with E-state index in [9.17, 15) is 13.2 Å². The number of hydrogen-bond donors (Lipinski definition) is 1. The van der Waals surface area contributed by atoms with Crippen molar-refractivity contribution in [2.45, 2.75) is 32.6 Å². The molecule has 0 saturated carbocycles. The fraction of sp³-hybridized carbons (Fsp3) is 0.333. The molecule has 0 saturated heterocycles. The maximum Gasteiger partial charge on any atom is 0.257 e. The van der Waals surface area contributed by atoms with Crippen molar-refractivity contribution in [3.05, 3.63) is 76.9 Å². The normalized spacial score (nSPS) is 11.6. The van der Waals surface area contributed by atoms with Gasteiger partial charge in [-0.05, 0) is 41.3 Å². The number of ether oxygens (including phenoxy) is 2. The molecular formula is C27H32N2O5S2. The molecule has 0 unspecified atom stereocenters. The largest absolute Gasteiger partial charge is 0.491 e. The molecule has 7 nitrogen and oxygen atoms in total. The van der Waals surface area contributed by atoms with Gasteiger partial charge in [-0.25, -0.2) is 18.1 Å². The van der Waals surface area contributed by atoms with Crippen LogP contribution >= 0.6 is 11.3 Å². The molecule has 0 aliphatic carbocycles. The molecule has 0 radical (unpaired) electrons. The molecule has 0 aliphatic rings. The number of carbonyl (C=O) groups is 1. The van der Waals surface area contributed by atoms with Crippen LogP contribution in [-0.2, 0) is 26.0 Å². The second-order valence-corrected chi connectivity index (χ2v) is 11.1. The first kappa shape index (κ1) is 27.6. The first-order valence-electron chi connectivity index (χ1n) is 11.9. The van der Waals surface area contributed by atoms with Gasteiger partial charge in [0.1, 0.15) is 12.4 Å². The summed E-state index contributed by atoms with van der Waals surface area (Å²) in [6.45, 7) is 2.88. The van der Waals surface area contributed by atoms with E-state index in [4.69, 9.17) is 9.47 Å². The minimum absolute atomic E-state index is 0.0625. The van der Waals surface area contributed by atoms with Gasteiger partial charge in [-0.3, -0.25) is 4.79 Å². The summed E-state index contributed by atoms with van der Waals surface area (Å²) in [4.78, 5) is 18.0. The number of sulfonamides is 1. The third-order valence-corrected chi connectivity index (χ3v) is 7.70. The molecule has 2 aromatic carbocycles. The van der Waals surface area contributed by atoms with Gasteiger partial charge in [-0.15, -0.1) is 11.3 Å². The summed E-state index contributed by atoms with van der Waals surface area (Å²) in [5, 5.41) is 0.917. The lowest BCUT2D eigenvalue weighted by Crippen LogP contribution is -2.31. The first-order chi connectivity index (χ1) is 17.4. The van der Waals surface area contributed by atoms with E-state index in [0.29, 0.717) is 31.8 Å². The molecule has 192 valence electrons. The van der Waals surface area contributed by atoms with Crippen molar-refractivity contribution >= 4 is 33.3 Å². The molecule has 1 N–H and O–H groups in total. The van der Waals surface area contributed by atoms with Gasteiger partial charge in [0.05, 0.1) is 22.2 Å². The van der Waals surface area contributed by atoms with Crippen molar-refractivity contribution in [3.63, 3.8) is 0 Å². The molecule has 1 heterocycles. The molecular weight excluding hydrogens is 496 g/mol. The smallest absolute Gasteiger partial charge is 0.257 e. The second-order valence-electron chi connectivity index (χ2n) is 8.19. The van der Waals surface area contributed by atoms with E-state index in [1.54, 1.807) is 24.5 Å². The number of unbranched alkanes of at least 4 members (excludes halogenated alkanes) is 2.